The van der Waals surface area contributed by atoms with Crippen molar-refractivity contribution in [2.45, 2.75) is 5.41 Å². The first-order valence-electron chi connectivity index (χ1n) is 14.6. The summed E-state index contributed by atoms with van der Waals surface area (Å²) in [5, 5.41) is 10.3. The zero-order valence-corrected chi connectivity index (χ0v) is 22.8. The third-order valence-electron chi connectivity index (χ3n) is 9.67. The van der Waals surface area contributed by atoms with Gasteiger partial charge in [-0.05, 0) is 77.5 Å². The summed E-state index contributed by atoms with van der Waals surface area (Å²) in [6, 6.07) is 53.3. The van der Waals surface area contributed by atoms with Gasteiger partial charge in [0.2, 0.25) is 0 Å². The molecule has 194 valence electrons. The van der Waals surface area contributed by atoms with Crippen LogP contribution in [0, 0.1) is 0 Å². The van der Waals surface area contributed by atoms with Crippen LogP contribution in [0.2, 0.25) is 0 Å². The van der Waals surface area contributed by atoms with Crippen molar-refractivity contribution >= 4 is 43.1 Å². The zero-order chi connectivity index (χ0) is 27.4. The molecule has 0 amide bonds. The molecular weight excluding hydrogens is 508 g/mol. The van der Waals surface area contributed by atoms with Crippen molar-refractivity contribution in [2.24, 2.45) is 0 Å². The van der Waals surface area contributed by atoms with Gasteiger partial charge in [0.25, 0.3) is 0 Å². The van der Waals surface area contributed by atoms with Gasteiger partial charge in [-0.25, -0.2) is 0 Å². The largest absolute Gasteiger partial charge is 0.457 e. The van der Waals surface area contributed by atoms with Gasteiger partial charge in [0, 0.05) is 11.1 Å². The number of hydrogen-bond donors (Lipinski definition) is 0. The van der Waals surface area contributed by atoms with Crippen LogP contribution in [0.5, 0.6) is 11.5 Å². The second-order valence-corrected chi connectivity index (χ2v) is 11.5. The standard InChI is InChI=1S/C41H24O/c1-5-17-29-25(13-1)27-15-3-7-19-31(27)39-37(29)38-30-18-6-2-14-26(30)28-16-4-8-20-32(28)40(38)41(39)33-21-9-11-23-35(33)42-36-24-12-10-22-34(36)41/h1-24H. The summed E-state index contributed by atoms with van der Waals surface area (Å²) in [4.78, 5) is 0. The lowest BCUT2D eigenvalue weighted by Crippen LogP contribution is -2.32. The lowest BCUT2D eigenvalue weighted by molar-refractivity contribution is 0.437. The van der Waals surface area contributed by atoms with Crippen molar-refractivity contribution in [3.63, 3.8) is 0 Å². The van der Waals surface area contributed by atoms with Crippen molar-refractivity contribution in [2.75, 3.05) is 0 Å². The first kappa shape index (κ1) is 22.3. The molecular formula is C41H24O. The van der Waals surface area contributed by atoms with Gasteiger partial charge < -0.3 is 4.74 Å². The number of hydrogen-bond acceptors (Lipinski definition) is 1. The molecule has 0 saturated carbocycles. The summed E-state index contributed by atoms with van der Waals surface area (Å²) < 4.78 is 6.69. The van der Waals surface area contributed by atoms with E-state index in [2.05, 4.69) is 146 Å². The minimum absolute atomic E-state index is 0.566. The van der Waals surface area contributed by atoms with Gasteiger partial charge in [0.05, 0.1) is 5.41 Å². The van der Waals surface area contributed by atoms with E-state index >= 15 is 0 Å². The summed E-state index contributed by atoms with van der Waals surface area (Å²) in [5.74, 6) is 1.84. The van der Waals surface area contributed by atoms with E-state index in [1.807, 2.05) is 0 Å². The monoisotopic (exact) mass is 532 g/mol. The highest BCUT2D eigenvalue weighted by atomic mass is 16.5. The van der Waals surface area contributed by atoms with Gasteiger partial charge in [-0.15, -0.1) is 0 Å². The maximum atomic E-state index is 6.69. The van der Waals surface area contributed by atoms with Crippen molar-refractivity contribution in [3.8, 4) is 22.6 Å². The fourth-order valence-corrected chi connectivity index (χ4v) is 8.24. The second-order valence-electron chi connectivity index (χ2n) is 11.5. The van der Waals surface area contributed by atoms with E-state index in [0.29, 0.717) is 0 Å². The molecule has 0 bridgehead atoms. The number of para-hydroxylation sites is 2. The molecule has 1 spiro atoms. The Morgan fingerprint density at radius 2 is 0.619 bits per heavy atom. The number of benzene rings is 8. The van der Waals surface area contributed by atoms with E-state index in [9.17, 15) is 0 Å². The maximum absolute atomic E-state index is 6.69. The molecule has 1 aliphatic heterocycles. The van der Waals surface area contributed by atoms with Crippen molar-refractivity contribution < 1.29 is 4.74 Å². The summed E-state index contributed by atoms with van der Waals surface area (Å²) in [6.45, 7) is 0. The van der Waals surface area contributed by atoms with Crippen LogP contribution >= 0.6 is 0 Å². The number of ether oxygens (including phenoxy) is 1. The van der Waals surface area contributed by atoms with Crippen LogP contribution in [0.1, 0.15) is 22.3 Å². The summed E-state index contributed by atoms with van der Waals surface area (Å²) in [5.41, 5.74) is 7.23. The second kappa shape index (κ2) is 7.87. The lowest BCUT2D eigenvalue weighted by Gasteiger charge is -2.40. The van der Waals surface area contributed by atoms with Gasteiger partial charge in [-0.2, -0.15) is 0 Å². The van der Waals surface area contributed by atoms with Gasteiger partial charge in [0.1, 0.15) is 11.5 Å². The van der Waals surface area contributed by atoms with E-state index in [-0.39, 0.29) is 0 Å². The molecule has 1 nitrogen and oxygen atoms in total. The molecule has 0 aromatic heterocycles. The van der Waals surface area contributed by atoms with Crippen molar-refractivity contribution in [1.29, 1.82) is 0 Å². The topological polar surface area (TPSA) is 9.23 Å². The van der Waals surface area contributed by atoms with Crippen molar-refractivity contribution in [3.05, 3.63) is 168 Å². The highest BCUT2D eigenvalue weighted by Gasteiger charge is 2.53. The summed E-state index contributed by atoms with van der Waals surface area (Å²) >= 11 is 0. The molecule has 0 fully saturated rings. The Morgan fingerprint density at radius 1 is 0.310 bits per heavy atom. The molecule has 0 saturated heterocycles. The van der Waals surface area contributed by atoms with E-state index in [1.165, 1.54) is 76.5 Å². The van der Waals surface area contributed by atoms with Crippen LogP contribution in [0.3, 0.4) is 0 Å². The third kappa shape index (κ3) is 2.52. The predicted octanol–water partition coefficient (Wildman–Crippen LogP) is 10.8. The van der Waals surface area contributed by atoms with Gasteiger partial charge in [0.15, 0.2) is 0 Å². The number of fused-ring (bicyclic) bond motifs is 19. The highest BCUT2D eigenvalue weighted by Crippen LogP contribution is 2.67. The van der Waals surface area contributed by atoms with E-state index in [4.69, 9.17) is 4.74 Å². The highest BCUT2D eigenvalue weighted by molar-refractivity contribution is 6.26. The molecule has 2 aliphatic rings. The molecule has 0 atom stereocenters. The Kier molecular flexibility index (Phi) is 4.18. The fourth-order valence-electron chi connectivity index (χ4n) is 8.24. The van der Waals surface area contributed by atoms with Gasteiger partial charge in [-0.1, -0.05) is 133 Å². The quantitative estimate of drug-likeness (QED) is 0.177. The third-order valence-corrected chi connectivity index (χ3v) is 9.67. The Hall–Kier alpha value is -5.40. The van der Waals surface area contributed by atoms with Crippen LogP contribution in [-0.2, 0) is 5.41 Å². The summed E-state index contributed by atoms with van der Waals surface area (Å²) in [6.07, 6.45) is 0. The Labute approximate surface area is 243 Å². The average molecular weight is 533 g/mol. The molecule has 10 rings (SSSR count). The van der Waals surface area contributed by atoms with Crippen LogP contribution < -0.4 is 4.74 Å². The first-order valence-corrected chi connectivity index (χ1v) is 14.6. The Balaban J connectivity index is 1.61. The van der Waals surface area contributed by atoms with Crippen LogP contribution in [-0.4, -0.2) is 0 Å². The van der Waals surface area contributed by atoms with Crippen LogP contribution in [0.15, 0.2) is 146 Å². The molecule has 1 aliphatic carbocycles. The predicted molar refractivity (Wildman–Crippen MR) is 174 cm³/mol. The molecule has 8 aromatic rings. The molecule has 0 unspecified atom stereocenters. The average Bonchev–Trinajstić information content (AvgIpc) is 3.38. The Bertz CT molecular complexity index is 2280. The SMILES string of the molecule is c1ccc2c(c1)Oc1ccccc1C21c2c(c3ccccc3c3ccccc23)-c2c1c1ccccc1c1ccccc21. The van der Waals surface area contributed by atoms with Gasteiger partial charge >= 0.3 is 0 Å². The van der Waals surface area contributed by atoms with E-state index in [0.717, 1.165) is 11.5 Å². The van der Waals surface area contributed by atoms with E-state index in [1.54, 1.807) is 0 Å². The molecule has 42 heavy (non-hydrogen) atoms. The minimum Gasteiger partial charge on any atom is -0.457 e. The molecule has 0 N–H and O–H groups in total. The fraction of sp³-hybridized carbons (Fsp3) is 0.0244. The maximum Gasteiger partial charge on any atom is 0.132 e. The molecule has 8 aromatic carbocycles. The number of rotatable bonds is 0. The van der Waals surface area contributed by atoms with Crippen LogP contribution in [0.4, 0.5) is 0 Å². The van der Waals surface area contributed by atoms with Gasteiger partial charge in [-0.3, -0.25) is 0 Å². The molecule has 0 radical (unpaired) electrons. The van der Waals surface area contributed by atoms with Crippen molar-refractivity contribution in [1.82, 2.24) is 0 Å². The van der Waals surface area contributed by atoms with Crippen LogP contribution in [0.25, 0.3) is 54.2 Å². The molecule has 1 heteroatoms. The molecule has 1 heterocycles. The minimum atomic E-state index is -0.566. The smallest absolute Gasteiger partial charge is 0.132 e. The zero-order valence-electron chi connectivity index (χ0n) is 22.8. The normalized spacial score (nSPS) is 14.1. The Morgan fingerprint density at radius 3 is 1.05 bits per heavy atom. The first-order chi connectivity index (χ1) is 20.9. The lowest BCUT2D eigenvalue weighted by atomic mass is 9.64. The summed E-state index contributed by atoms with van der Waals surface area (Å²) in [7, 11) is 0. The van der Waals surface area contributed by atoms with E-state index < -0.39 is 5.41 Å².